The smallest absolute Gasteiger partial charge is 0.332 e. The third kappa shape index (κ3) is 4.11. The van der Waals surface area contributed by atoms with E-state index in [4.69, 9.17) is 4.74 Å². The number of benzene rings is 1. The fourth-order valence-corrected chi connectivity index (χ4v) is 6.38. The van der Waals surface area contributed by atoms with Crippen molar-refractivity contribution in [2.75, 3.05) is 13.7 Å². The maximum atomic E-state index is 12.2. The number of H-pyrrole nitrogens is 1. The summed E-state index contributed by atoms with van der Waals surface area (Å²) in [5.74, 6) is -0.450. The van der Waals surface area contributed by atoms with Crippen LogP contribution in [0.1, 0.15) is 10.4 Å². The van der Waals surface area contributed by atoms with Crippen LogP contribution in [0.25, 0.3) is 11.2 Å². The van der Waals surface area contributed by atoms with Crippen LogP contribution in [0.4, 0.5) is 0 Å². The molecule has 0 spiro atoms. The van der Waals surface area contributed by atoms with Gasteiger partial charge in [0.2, 0.25) is 0 Å². The van der Waals surface area contributed by atoms with Crippen LogP contribution in [0, 0.1) is 0 Å². The molecule has 3 heterocycles. The first-order valence-electron chi connectivity index (χ1n) is 9.22. The summed E-state index contributed by atoms with van der Waals surface area (Å²) in [7, 11) is 0.864. The number of aromatic amines is 1. The Morgan fingerprint density at radius 3 is 2.45 bits per heavy atom. The number of hydrogen-bond donors (Lipinski definition) is 1. The second-order valence-corrected chi connectivity index (χ2v) is 10.9. The van der Waals surface area contributed by atoms with Crippen molar-refractivity contribution in [2.45, 2.75) is 14.9 Å². The number of methoxy groups -OCH3 is 1. The summed E-state index contributed by atoms with van der Waals surface area (Å²) < 4.78 is 33.8. The predicted molar refractivity (Wildman–Crippen MR) is 107 cm³/mol. The van der Waals surface area contributed by atoms with Gasteiger partial charge in [-0.1, -0.05) is 0 Å². The molecular weight excluding hydrogens is 615 g/mol. The number of rotatable bonds is 4. The van der Waals surface area contributed by atoms with Crippen LogP contribution in [-0.4, -0.2) is 57.5 Å². The number of hydrogen-bond acceptors (Lipinski definition) is 7. The van der Waals surface area contributed by atoms with Crippen molar-refractivity contribution >= 4 is 27.1 Å². The number of ether oxygens (including phenoxy) is 1. The standard InChI is InChI=1S/C11H12NO4S.C7H8N4O2.Hg/c1-8(16-2)7-12-11(13)9-5-3-4-6-10(9)17(12,14)15;1-10-5-4(8-3-9-5)6(12)11(2)7(10)13;/h3-6,8H,1,7H2,2H3;3H,1-2H3,(H,8,9);/q;;+1. The van der Waals surface area contributed by atoms with Crippen LogP contribution < -0.4 is 11.2 Å². The minimum absolute atomic E-state index is 0.100. The van der Waals surface area contributed by atoms with Gasteiger partial charge in [0.15, 0.2) is 5.65 Å². The quantitative estimate of drug-likeness (QED) is 0.392. The Morgan fingerprint density at radius 1 is 1.16 bits per heavy atom. The van der Waals surface area contributed by atoms with E-state index in [1.54, 1.807) is 25.2 Å². The average molecular weight is 635 g/mol. The minimum atomic E-state index is -3.69. The average Bonchev–Trinajstić information content (AvgIpc) is 3.33. The van der Waals surface area contributed by atoms with Crippen molar-refractivity contribution in [3.05, 3.63) is 57.0 Å². The van der Waals surface area contributed by atoms with Gasteiger partial charge in [0.05, 0.1) is 6.33 Å². The Bertz CT molecular complexity index is 1360. The van der Waals surface area contributed by atoms with E-state index in [0.717, 1.165) is 12.8 Å². The molecule has 2 aromatic heterocycles. The number of sulfonamides is 1. The van der Waals surface area contributed by atoms with Gasteiger partial charge in [0.25, 0.3) is 5.56 Å². The Balaban J connectivity index is 0.000000185. The van der Waals surface area contributed by atoms with Crippen LogP contribution in [0.15, 0.2) is 45.1 Å². The maximum absolute atomic E-state index is 12.2. The number of carbonyl (C=O) groups is 1. The largest absolute Gasteiger partial charge is 0.339 e. The molecule has 1 atom stereocenters. The first-order chi connectivity index (χ1) is 14.6. The Labute approximate surface area is 193 Å². The molecule has 1 amide bonds. The summed E-state index contributed by atoms with van der Waals surface area (Å²) in [6.45, 7) is 0.107. The Kier molecular flexibility index (Phi) is 6.81. The molecule has 0 fully saturated rings. The summed E-state index contributed by atoms with van der Waals surface area (Å²) in [6, 6.07) is 6.30. The molecule has 160 valence electrons. The molecule has 0 radical (unpaired) electrons. The molecule has 1 aliphatic rings. The zero-order chi connectivity index (χ0) is 22.9. The van der Waals surface area contributed by atoms with E-state index >= 15 is 0 Å². The van der Waals surface area contributed by atoms with Gasteiger partial charge >= 0.3 is 128 Å². The summed E-state index contributed by atoms with van der Waals surface area (Å²) in [5, 5.41) is 0. The third-order valence-corrected chi connectivity index (χ3v) is 9.28. The number of aromatic nitrogens is 4. The molecule has 1 unspecified atom stereocenters. The van der Waals surface area contributed by atoms with Crippen molar-refractivity contribution in [1.82, 2.24) is 23.4 Å². The number of carbonyl (C=O) groups excluding carboxylic acids is 1. The third-order valence-electron chi connectivity index (χ3n) is 4.97. The number of amides is 1. The van der Waals surface area contributed by atoms with Gasteiger partial charge in [0, 0.05) is 14.1 Å². The Morgan fingerprint density at radius 2 is 1.84 bits per heavy atom. The van der Waals surface area contributed by atoms with E-state index in [1.165, 1.54) is 31.1 Å². The van der Waals surface area contributed by atoms with Crippen LogP contribution in [0.5, 0.6) is 0 Å². The number of nitrogens with zero attached hydrogens (tertiary/aromatic N) is 4. The van der Waals surface area contributed by atoms with E-state index in [2.05, 4.69) is 9.97 Å². The molecule has 0 aliphatic carbocycles. The van der Waals surface area contributed by atoms with E-state index in [0.29, 0.717) is 37.3 Å². The molecule has 3 aromatic rings. The van der Waals surface area contributed by atoms with Gasteiger partial charge in [-0.25, -0.2) is 9.78 Å². The van der Waals surface area contributed by atoms with Crippen molar-refractivity contribution in [1.29, 1.82) is 0 Å². The van der Waals surface area contributed by atoms with E-state index in [9.17, 15) is 22.8 Å². The Hall–Kier alpha value is -2.31. The van der Waals surface area contributed by atoms with E-state index < -0.39 is 15.9 Å². The molecule has 0 saturated carbocycles. The van der Waals surface area contributed by atoms with Crippen LogP contribution in [0.2, 0.25) is 3.93 Å². The second kappa shape index (κ2) is 9.05. The maximum Gasteiger partial charge on any atom is 0.332 e. The van der Waals surface area contributed by atoms with Gasteiger partial charge in [0.1, 0.15) is 5.52 Å². The predicted octanol–water partition coefficient (Wildman–Crippen LogP) is -0.228. The normalized spacial score (nSPS) is 15.5. The molecule has 31 heavy (non-hydrogen) atoms. The number of fused-ring (bicyclic) bond motifs is 2. The van der Waals surface area contributed by atoms with Gasteiger partial charge < -0.3 is 4.98 Å². The summed E-state index contributed by atoms with van der Waals surface area (Å²) in [5.41, 5.74) is 0.267. The summed E-state index contributed by atoms with van der Waals surface area (Å²) >= 11 is 0.499. The summed E-state index contributed by atoms with van der Waals surface area (Å²) in [4.78, 5) is 41.6. The first kappa shape index (κ1) is 23.4. The van der Waals surface area contributed by atoms with Gasteiger partial charge in [-0.3, -0.25) is 13.9 Å². The van der Waals surface area contributed by atoms with Gasteiger partial charge in [-0.15, -0.1) is 0 Å². The molecule has 13 heteroatoms. The van der Waals surface area contributed by atoms with Crippen LogP contribution >= 0.6 is 0 Å². The molecule has 0 saturated heterocycles. The molecule has 1 aliphatic heterocycles. The molecule has 1 N–H and O–H groups in total. The monoisotopic (exact) mass is 636 g/mol. The molecule has 0 bridgehead atoms. The van der Waals surface area contributed by atoms with Crippen LogP contribution in [0.3, 0.4) is 0 Å². The van der Waals surface area contributed by atoms with Crippen molar-refractivity contribution < 1.29 is 44.1 Å². The van der Waals surface area contributed by atoms with E-state index in [1.807, 2.05) is 0 Å². The number of nitrogens with one attached hydrogen (secondary N) is 1. The molecular formula is C18H20HgN5O6S+. The fraction of sp³-hybridized carbons (Fsp3) is 0.333. The SMILES string of the molecule is COC([CH2][Hg+])CN1C(=O)c2ccccc2S1(=O)=O.Cn1c(=O)c2[nH]cnc2n(C)c1=O. The number of aryl methyl sites for hydroxylation is 1. The van der Waals surface area contributed by atoms with Gasteiger partial charge in [-0.2, -0.15) is 0 Å². The minimum Gasteiger partial charge on any atom is -0.339 e. The first-order valence-corrected chi connectivity index (χ1v) is 14.5. The van der Waals surface area contributed by atoms with Crippen molar-refractivity contribution in [3.63, 3.8) is 0 Å². The zero-order valence-corrected chi connectivity index (χ0v) is 23.5. The topological polar surface area (TPSA) is 136 Å². The molecule has 11 nitrogen and oxygen atoms in total. The zero-order valence-electron chi connectivity index (χ0n) is 17.2. The summed E-state index contributed by atoms with van der Waals surface area (Å²) in [6.07, 6.45) is 1.20. The second-order valence-electron chi connectivity index (χ2n) is 6.79. The van der Waals surface area contributed by atoms with Crippen molar-refractivity contribution in [2.24, 2.45) is 14.1 Å². The molecule has 4 rings (SSSR count). The fourth-order valence-electron chi connectivity index (χ4n) is 3.15. The van der Waals surface area contributed by atoms with Gasteiger partial charge in [-0.05, 0) is 0 Å². The van der Waals surface area contributed by atoms with Crippen LogP contribution in [-0.2, 0) is 55.0 Å². The van der Waals surface area contributed by atoms with E-state index in [-0.39, 0.29) is 34.4 Å². The molecule has 1 aromatic carbocycles. The number of imidazole rings is 1. The van der Waals surface area contributed by atoms with Crippen molar-refractivity contribution in [3.8, 4) is 0 Å².